The van der Waals surface area contributed by atoms with Crippen LogP contribution in [0.3, 0.4) is 0 Å². The first-order chi connectivity index (χ1) is 15.7. The van der Waals surface area contributed by atoms with Crippen molar-refractivity contribution < 1.29 is 17.9 Å². The van der Waals surface area contributed by atoms with Gasteiger partial charge >= 0.3 is 0 Å². The second kappa shape index (κ2) is 8.63. The second-order valence-electron chi connectivity index (χ2n) is 7.79. The summed E-state index contributed by atoms with van der Waals surface area (Å²) in [5.41, 5.74) is 4.74. The number of para-hydroxylation sites is 2. The quantitative estimate of drug-likeness (QED) is 0.427. The van der Waals surface area contributed by atoms with Crippen molar-refractivity contribution in [2.45, 2.75) is 18.7 Å². The lowest BCUT2D eigenvalue weighted by atomic mass is 10.1. The fraction of sp³-hybridized carbons (Fsp3) is 0.160. The number of aromatic nitrogens is 1. The standard InChI is InChI=1S/C25H25N3O4S/c1-16-17(2)28(3)23-14-9-18(15-21(16)23)25(29)26-19-10-12-20(13-11-19)33(30,31)27-22-7-5-6-8-24(22)32-4/h5-15,27H,1-4H3,(H,26,29). The Morgan fingerprint density at radius 1 is 0.970 bits per heavy atom. The lowest BCUT2D eigenvalue weighted by Gasteiger charge is -2.12. The summed E-state index contributed by atoms with van der Waals surface area (Å²) >= 11 is 0. The van der Waals surface area contributed by atoms with Crippen molar-refractivity contribution in [3.05, 3.63) is 83.6 Å². The molecule has 8 heteroatoms. The zero-order chi connectivity index (χ0) is 23.8. The van der Waals surface area contributed by atoms with Crippen molar-refractivity contribution in [1.82, 2.24) is 4.57 Å². The Labute approximate surface area is 193 Å². The van der Waals surface area contributed by atoms with Crippen LogP contribution in [-0.4, -0.2) is 26.0 Å². The van der Waals surface area contributed by atoms with Crippen LogP contribution in [-0.2, 0) is 17.1 Å². The molecule has 3 aromatic carbocycles. The van der Waals surface area contributed by atoms with Crippen LogP contribution in [0, 0.1) is 13.8 Å². The normalized spacial score (nSPS) is 11.4. The van der Waals surface area contributed by atoms with Gasteiger partial charge in [-0.2, -0.15) is 0 Å². The molecule has 4 aromatic rings. The zero-order valence-electron chi connectivity index (χ0n) is 18.8. The molecule has 0 radical (unpaired) electrons. The Balaban J connectivity index is 1.52. The molecule has 0 aliphatic carbocycles. The molecule has 0 fully saturated rings. The van der Waals surface area contributed by atoms with E-state index in [2.05, 4.69) is 14.6 Å². The molecule has 0 unspecified atom stereocenters. The average Bonchev–Trinajstić information content (AvgIpc) is 3.03. The highest BCUT2D eigenvalue weighted by Crippen LogP contribution is 2.27. The van der Waals surface area contributed by atoms with Gasteiger partial charge in [0.15, 0.2) is 0 Å². The zero-order valence-corrected chi connectivity index (χ0v) is 19.7. The summed E-state index contributed by atoms with van der Waals surface area (Å²) in [6, 6.07) is 18.4. The minimum absolute atomic E-state index is 0.0724. The lowest BCUT2D eigenvalue weighted by molar-refractivity contribution is 0.102. The number of benzene rings is 3. The molecule has 1 aromatic heterocycles. The van der Waals surface area contributed by atoms with Gasteiger partial charge in [0.2, 0.25) is 0 Å². The summed E-state index contributed by atoms with van der Waals surface area (Å²) in [5.74, 6) is 0.159. The molecule has 0 bridgehead atoms. The lowest BCUT2D eigenvalue weighted by Crippen LogP contribution is -2.14. The number of carbonyl (C=O) groups is 1. The van der Waals surface area contributed by atoms with Crippen molar-refractivity contribution in [3.8, 4) is 5.75 Å². The summed E-state index contributed by atoms with van der Waals surface area (Å²) < 4.78 is 35.3. The molecule has 0 saturated heterocycles. The van der Waals surface area contributed by atoms with Gasteiger partial charge in [0.25, 0.3) is 15.9 Å². The number of hydrogen-bond acceptors (Lipinski definition) is 4. The van der Waals surface area contributed by atoms with Crippen LogP contribution in [0.2, 0.25) is 0 Å². The molecular weight excluding hydrogens is 438 g/mol. The third-order valence-electron chi connectivity index (χ3n) is 5.84. The SMILES string of the molecule is COc1ccccc1NS(=O)(=O)c1ccc(NC(=O)c2ccc3c(c2)c(C)c(C)n3C)cc1. The van der Waals surface area contributed by atoms with Gasteiger partial charge in [0.1, 0.15) is 5.75 Å². The van der Waals surface area contributed by atoms with Crippen molar-refractivity contribution in [2.24, 2.45) is 7.05 Å². The van der Waals surface area contributed by atoms with E-state index in [4.69, 9.17) is 4.74 Å². The number of anilines is 2. The van der Waals surface area contributed by atoms with Crippen LogP contribution < -0.4 is 14.8 Å². The molecule has 0 aliphatic rings. The van der Waals surface area contributed by atoms with E-state index in [0.717, 1.165) is 22.2 Å². The Morgan fingerprint density at radius 3 is 2.36 bits per heavy atom. The highest BCUT2D eigenvalue weighted by Gasteiger charge is 2.17. The van der Waals surface area contributed by atoms with Crippen LogP contribution in [0.4, 0.5) is 11.4 Å². The number of fused-ring (bicyclic) bond motifs is 1. The van der Waals surface area contributed by atoms with Gasteiger partial charge in [-0.05, 0) is 74.0 Å². The van der Waals surface area contributed by atoms with Crippen molar-refractivity contribution in [3.63, 3.8) is 0 Å². The molecule has 33 heavy (non-hydrogen) atoms. The van der Waals surface area contributed by atoms with E-state index in [-0.39, 0.29) is 10.8 Å². The van der Waals surface area contributed by atoms with Gasteiger partial charge < -0.3 is 14.6 Å². The van der Waals surface area contributed by atoms with E-state index in [9.17, 15) is 13.2 Å². The predicted molar refractivity (Wildman–Crippen MR) is 131 cm³/mol. The van der Waals surface area contributed by atoms with Crippen LogP contribution in [0.5, 0.6) is 5.75 Å². The molecule has 1 heterocycles. The fourth-order valence-corrected chi connectivity index (χ4v) is 4.82. The van der Waals surface area contributed by atoms with Crippen molar-refractivity contribution in [1.29, 1.82) is 0 Å². The number of nitrogens with one attached hydrogen (secondary N) is 2. The summed E-state index contributed by atoms with van der Waals surface area (Å²) in [6.07, 6.45) is 0. The van der Waals surface area contributed by atoms with Gasteiger partial charge in [-0.3, -0.25) is 9.52 Å². The van der Waals surface area contributed by atoms with E-state index in [0.29, 0.717) is 22.7 Å². The first-order valence-electron chi connectivity index (χ1n) is 10.3. The maximum absolute atomic E-state index is 12.8. The highest BCUT2D eigenvalue weighted by molar-refractivity contribution is 7.92. The third-order valence-corrected chi connectivity index (χ3v) is 7.23. The molecule has 7 nitrogen and oxygen atoms in total. The maximum atomic E-state index is 12.8. The number of amides is 1. The molecular formula is C25H25N3O4S. The number of carbonyl (C=O) groups excluding carboxylic acids is 1. The molecule has 0 spiro atoms. The van der Waals surface area contributed by atoms with E-state index in [1.54, 1.807) is 42.5 Å². The average molecular weight is 464 g/mol. The molecule has 170 valence electrons. The molecule has 0 atom stereocenters. The van der Waals surface area contributed by atoms with Gasteiger partial charge in [-0.25, -0.2) is 8.42 Å². The van der Waals surface area contributed by atoms with E-state index in [1.807, 2.05) is 33.0 Å². The number of methoxy groups -OCH3 is 1. The van der Waals surface area contributed by atoms with Crippen molar-refractivity contribution >= 4 is 38.2 Å². The smallest absolute Gasteiger partial charge is 0.262 e. The first kappa shape index (κ1) is 22.4. The van der Waals surface area contributed by atoms with Crippen LogP contribution in [0.1, 0.15) is 21.6 Å². The Hall–Kier alpha value is -3.78. The monoisotopic (exact) mass is 463 g/mol. The summed E-state index contributed by atoms with van der Waals surface area (Å²) in [5, 5.41) is 3.86. The summed E-state index contributed by atoms with van der Waals surface area (Å²) in [6.45, 7) is 4.09. The number of sulfonamides is 1. The number of aryl methyl sites for hydroxylation is 2. The number of hydrogen-bond donors (Lipinski definition) is 2. The Kier molecular flexibility index (Phi) is 5.86. The fourth-order valence-electron chi connectivity index (χ4n) is 3.75. The van der Waals surface area contributed by atoms with Crippen molar-refractivity contribution in [2.75, 3.05) is 17.1 Å². The Morgan fingerprint density at radius 2 is 1.67 bits per heavy atom. The first-order valence-corrected chi connectivity index (χ1v) is 11.8. The largest absolute Gasteiger partial charge is 0.495 e. The van der Waals surface area contributed by atoms with Crippen LogP contribution >= 0.6 is 0 Å². The predicted octanol–water partition coefficient (Wildman–Crippen LogP) is 4.86. The highest BCUT2D eigenvalue weighted by atomic mass is 32.2. The molecule has 1 amide bonds. The van der Waals surface area contributed by atoms with Gasteiger partial charge in [-0.1, -0.05) is 12.1 Å². The summed E-state index contributed by atoms with van der Waals surface area (Å²) in [4.78, 5) is 12.9. The topological polar surface area (TPSA) is 89.4 Å². The maximum Gasteiger partial charge on any atom is 0.262 e. The second-order valence-corrected chi connectivity index (χ2v) is 9.47. The molecule has 0 aliphatic heterocycles. The molecule has 0 saturated carbocycles. The van der Waals surface area contributed by atoms with E-state index in [1.165, 1.54) is 19.2 Å². The number of rotatable bonds is 6. The van der Waals surface area contributed by atoms with Crippen LogP contribution in [0.15, 0.2) is 71.6 Å². The summed E-state index contributed by atoms with van der Waals surface area (Å²) in [7, 11) is -0.342. The van der Waals surface area contributed by atoms with Crippen LogP contribution in [0.25, 0.3) is 10.9 Å². The van der Waals surface area contributed by atoms with Gasteiger partial charge in [0.05, 0.1) is 17.7 Å². The number of ether oxygens (including phenoxy) is 1. The van der Waals surface area contributed by atoms with E-state index < -0.39 is 10.0 Å². The Bertz CT molecular complexity index is 1460. The number of nitrogens with zero attached hydrogens (tertiary/aromatic N) is 1. The minimum Gasteiger partial charge on any atom is -0.495 e. The van der Waals surface area contributed by atoms with E-state index >= 15 is 0 Å². The minimum atomic E-state index is -3.82. The molecule has 2 N–H and O–H groups in total. The van der Waals surface area contributed by atoms with Gasteiger partial charge in [-0.15, -0.1) is 0 Å². The van der Waals surface area contributed by atoms with Gasteiger partial charge in [0, 0.05) is 34.9 Å². The third kappa shape index (κ3) is 4.29. The molecule has 4 rings (SSSR count).